The first kappa shape index (κ1) is 6.99. The Morgan fingerprint density at radius 1 is 1.22 bits per heavy atom. The van der Waals surface area contributed by atoms with Crippen LogP contribution in [0, 0.1) is 11.6 Å². The van der Waals surface area contributed by atoms with Gasteiger partial charge in [-0.05, 0) is 0 Å². The van der Waals surface area contributed by atoms with Crippen LogP contribution in [-0.4, -0.2) is 22.5 Å². The molecule has 0 amide bonds. The number of hydrogen-bond donors (Lipinski definition) is 0. The number of hydrogen-bond acceptors (Lipinski definition) is 0. The molecule has 0 aliphatic heterocycles. The number of benzene rings is 1. The summed E-state index contributed by atoms with van der Waals surface area (Å²) in [6.07, 6.45) is 0. The average Bonchev–Trinajstić information content (AvgIpc) is 1.80. The van der Waals surface area contributed by atoms with Gasteiger partial charge in [0, 0.05) is 0 Å². The summed E-state index contributed by atoms with van der Waals surface area (Å²) < 4.78 is 25.0. The topological polar surface area (TPSA) is 0 Å². The van der Waals surface area contributed by atoms with Crippen molar-refractivity contribution in [1.82, 2.24) is 0 Å². The van der Waals surface area contributed by atoms with Gasteiger partial charge in [0.15, 0.2) is 0 Å². The maximum absolute atomic E-state index is 12.4. The maximum atomic E-state index is 12.4. The van der Waals surface area contributed by atoms with Crippen LogP contribution >= 0.6 is 0 Å². The molecule has 0 bridgehead atoms. The van der Waals surface area contributed by atoms with Gasteiger partial charge >= 0.3 is 64.7 Å². The zero-order valence-corrected chi connectivity index (χ0v) is 7.34. The van der Waals surface area contributed by atoms with Crippen molar-refractivity contribution in [2.75, 3.05) is 0 Å². The van der Waals surface area contributed by atoms with Gasteiger partial charge in [-0.3, -0.25) is 0 Å². The van der Waals surface area contributed by atoms with E-state index in [0.717, 1.165) is 28.6 Å². The van der Waals surface area contributed by atoms with E-state index < -0.39 is 11.6 Å². The fourth-order valence-electron chi connectivity index (χ4n) is 0.489. The van der Waals surface area contributed by atoms with Crippen molar-refractivity contribution in [2.24, 2.45) is 0 Å². The zero-order chi connectivity index (χ0) is 6.85. The molecule has 0 saturated heterocycles. The van der Waals surface area contributed by atoms with E-state index in [2.05, 4.69) is 0 Å². The minimum atomic E-state index is -0.515. The predicted molar refractivity (Wildman–Crippen MR) is 31.7 cm³/mol. The molecule has 0 aliphatic carbocycles. The normalized spacial score (nSPS) is 9.67. The molecule has 0 fully saturated rings. The molecular formula is C6H3F2Sn. The molecule has 9 heavy (non-hydrogen) atoms. The quantitative estimate of drug-likeness (QED) is 0.579. The first-order chi connectivity index (χ1) is 4.20. The molecule has 0 heterocycles. The van der Waals surface area contributed by atoms with Crippen molar-refractivity contribution in [3.8, 4) is 0 Å². The van der Waals surface area contributed by atoms with Gasteiger partial charge in [-0.15, -0.1) is 0 Å². The monoisotopic (exact) mass is 233 g/mol. The van der Waals surface area contributed by atoms with Crippen molar-refractivity contribution in [3.63, 3.8) is 0 Å². The molecule has 0 unspecified atom stereocenters. The van der Waals surface area contributed by atoms with Crippen LogP contribution in [0.5, 0.6) is 0 Å². The third-order valence-electron chi connectivity index (χ3n) is 0.931. The van der Waals surface area contributed by atoms with Crippen LogP contribution in [0.2, 0.25) is 0 Å². The summed E-state index contributed by atoms with van der Waals surface area (Å²) in [5.41, 5.74) is 0. The standard InChI is InChI=1S/C6H3F2.Sn/c7-5-2-1-3-6(8)4-5;/h1-2,4H;. The van der Waals surface area contributed by atoms with Crippen LogP contribution in [0.25, 0.3) is 0 Å². The Morgan fingerprint density at radius 2 is 1.89 bits per heavy atom. The van der Waals surface area contributed by atoms with Crippen molar-refractivity contribution in [1.29, 1.82) is 0 Å². The Bertz CT molecular complexity index is 222. The molecule has 1 aromatic rings. The molecule has 0 atom stereocenters. The first-order valence-corrected chi connectivity index (χ1v) is 3.79. The van der Waals surface area contributed by atoms with Crippen LogP contribution in [-0.2, 0) is 0 Å². The summed E-state index contributed by atoms with van der Waals surface area (Å²) in [5.74, 6) is -0.966. The van der Waals surface area contributed by atoms with Crippen LogP contribution in [0.4, 0.5) is 8.78 Å². The van der Waals surface area contributed by atoms with Crippen LogP contribution < -0.4 is 3.58 Å². The molecule has 3 heteroatoms. The van der Waals surface area contributed by atoms with E-state index in [1.807, 2.05) is 0 Å². The van der Waals surface area contributed by atoms with E-state index in [1.54, 1.807) is 0 Å². The van der Waals surface area contributed by atoms with E-state index in [9.17, 15) is 8.78 Å². The summed E-state index contributed by atoms with van der Waals surface area (Å²) in [4.78, 5) is 0. The third kappa shape index (κ3) is 1.64. The van der Waals surface area contributed by atoms with Crippen molar-refractivity contribution in [2.45, 2.75) is 0 Å². The molecule has 3 radical (unpaired) electrons. The predicted octanol–water partition coefficient (Wildman–Crippen LogP) is 0.759. The second-order valence-electron chi connectivity index (χ2n) is 1.62. The summed E-state index contributed by atoms with van der Waals surface area (Å²) in [6, 6.07) is 3.60. The van der Waals surface area contributed by atoms with E-state index in [-0.39, 0.29) is 0 Å². The minimum absolute atomic E-state index is 0.451. The summed E-state index contributed by atoms with van der Waals surface area (Å²) in [5, 5.41) is 0. The van der Waals surface area contributed by atoms with Gasteiger partial charge in [-0.1, -0.05) is 0 Å². The molecule has 0 aliphatic rings. The van der Waals surface area contributed by atoms with Gasteiger partial charge in [0.1, 0.15) is 0 Å². The molecular weight excluding hydrogens is 229 g/mol. The fraction of sp³-hybridized carbons (Fsp3) is 0. The summed E-state index contributed by atoms with van der Waals surface area (Å²) >= 11 is 0.970. The fourth-order valence-corrected chi connectivity index (χ4v) is 0.933. The SMILES string of the molecule is Fc1cc[c]([Sn])c(F)c1. The molecule has 1 rings (SSSR count). The Labute approximate surface area is 65.0 Å². The van der Waals surface area contributed by atoms with E-state index in [1.165, 1.54) is 12.1 Å². The Morgan fingerprint density at radius 3 is 2.33 bits per heavy atom. The summed E-state index contributed by atoms with van der Waals surface area (Å²) in [7, 11) is 0. The van der Waals surface area contributed by atoms with Crippen molar-refractivity contribution >= 4 is 26.1 Å². The van der Waals surface area contributed by atoms with Gasteiger partial charge in [0.05, 0.1) is 0 Å². The third-order valence-corrected chi connectivity index (χ3v) is 2.09. The van der Waals surface area contributed by atoms with E-state index in [4.69, 9.17) is 0 Å². The molecule has 0 nitrogen and oxygen atoms in total. The van der Waals surface area contributed by atoms with Gasteiger partial charge < -0.3 is 0 Å². The molecule has 0 spiro atoms. The zero-order valence-electron chi connectivity index (χ0n) is 4.49. The Balaban J connectivity index is 3.17. The van der Waals surface area contributed by atoms with Crippen LogP contribution in [0.15, 0.2) is 18.2 Å². The number of rotatable bonds is 0. The molecule has 1 aromatic carbocycles. The van der Waals surface area contributed by atoms with Crippen molar-refractivity contribution in [3.05, 3.63) is 29.8 Å². The molecule has 0 N–H and O–H groups in total. The van der Waals surface area contributed by atoms with Crippen LogP contribution in [0.3, 0.4) is 0 Å². The van der Waals surface area contributed by atoms with E-state index >= 15 is 0 Å². The van der Waals surface area contributed by atoms with Gasteiger partial charge in [0.25, 0.3) is 0 Å². The average molecular weight is 232 g/mol. The van der Waals surface area contributed by atoms with Gasteiger partial charge in [-0.2, -0.15) is 0 Å². The second-order valence-corrected chi connectivity index (χ2v) is 3.16. The van der Waals surface area contributed by atoms with Gasteiger partial charge in [0.2, 0.25) is 0 Å². The van der Waals surface area contributed by atoms with Crippen molar-refractivity contribution < 1.29 is 8.78 Å². The van der Waals surface area contributed by atoms with Gasteiger partial charge in [-0.25, -0.2) is 0 Å². The molecule has 0 saturated carbocycles. The summed E-state index contributed by atoms with van der Waals surface area (Å²) in [6.45, 7) is 0. The molecule has 0 aromatic heterocycles. The molecule has 45 valence electrons. The Hall–Kier alpha value is -0.121. The first-order valence-electron chi connectivity index (χ1n) is 2.37. The Kier molecular flexibility index (Phi) is 2.05. The number of halogens is 2. The van der Waals surface area contributed by atoms with Crippen LogP contribution in [0.1, 0.15) is 0 Å². The second kappa shape index (κ2) is 2.64. The van der Waals surface area contributed by atoms with E-state index in [0.29, 0.717) is 3.58 Å².